The van der Waals surface area contributed by atoms with Crippen LogP contribution in [-0.4, -0.2) is 35.5 Å². The lowest BCUT2D eigenvalue weighted by Gasteiger charge is -2.32. The Morgan fingerprint density at radius 3 is 2.83 bits per heavy atom. The minimum absolute atomic E-state index is 0.116. The number of amides is 1. The summed E-state index contributed by atoms with van der Waals surface area (Å²) in [4.78, 5) is 19.5. The third-order valence-electron chi connectivity index (χ3n) is 4.25. The van der Waals surface area contributed by atoms with Crippen LogP contribution in [0.4, 0.5) is 0 Å². The number of benzene rings is 1. The number of likely N-dealkylation sites (tertiary alicyclic amines) is 1. The van der Waals surface area contributed by atoms with Crippen LogP contribution in [-0.2, 0) is 0 Å². The van der Waals surface area contributed by atoms with Crippen molar-refractivity contribution >= 4 is 17.2 Å². The quantitative estimate of drug-likeness (QED) is 0.858. The van der Waals surface area contributed by atoms with Crippen molar-refractivity contribution in [2.24, 2.45) is 5.92 Å². The van der Waals surface area contributed by atoms with Crippen molar-refractivity contribution in [2.75, 3.05) is 19.7 Å². The molecule has 1 saturated heterocycles. The van der Waals surface area contributed by atoms with Gasteiger partial charge in [-0.25, -0.2) is 4.98 Å². The predicted octanol–water partition coefficient (Wildman–Crippen LogP) is 3.69. The molecule has 0 aliphatic carbocycles. The van der Waals surface area contributed by atoms with E-state index in [9.17, 15) is 4.79 Å². The molecule has 0 radical (unpaired) electrons. The summed E-state index contributed by atoms with van der Waals surface area (Å²) < 4.78 is 5.90. The Bertz CT molecular complexity index is 666. The van der Waals surface area contributed by atoms with E-state index in [1.807, 2.05) is 24.0 Å². The first kappa shape index (κ1) is 16.0. The van der Waals surface area contributed by atoms with Crippen LogP contribution in [0.2, 0.25) is 0 Å². The fourth-order valence-corrected chi connectivity index (χ4v) is 3.65. The smallest absolute Gasteiger partial charge is 0.265 e. The van der Waals surface area contributed by atoms with Crippen LogP contribution in [0.15, 0.2) is 29.8 Å². The van der Waals surface area contributed by atoms with Gasteiger partial charge < -0.3 is 9.64 Å². The summed E-state index contributed by atoms with van der Waals surface area (Å²) in [6, 6.07) is 8.11. The molecule has 0 spiro atoms. The minimum Gasteiger partial charge on any atom is -0.493 e. The molecule has 0 saturated carbocycles. The number of thiazole rings is 1. The van der Waals surface area contributed by atoms with E-state index < -0.39 is 0 Å². The van der Waals surface area contributed by atoms with Crippen LogP contribution in [0, 0.1) is 19.8 Å². The summed E-state index contributed by atoms with van der Waals surface area (Å²) in [5.74, 6) is 1.41. The summed E-state index contributed by atoms with van der Waals surface area (Å²) in [6.45, 7) is 6.22. The van der Waals surface area contributed by atoms with Crippen molar-refractivity contribution in [3.05, 3.63) is 45.9 Å². The maximum atomic E-state index is 12.6. The molecule has 1 atom stereocenters. The standard InChI is InChI=1S/C18H22N2O2S/c1-13-5-7-16(8-6-13)22-11-15-4-3-9-20(10-15)18(21)17-14(2)19-12-23-17/h5-8,12,15H,3-4,9-11H2,1-2H3. The maximum Gasteiger partial charge on any atom is 0.265 e. The summed E-state index contributed by atoms with van der Waals surface area (Å²) in [5.41, 5.74) is 3.80. The number of carbonyl (C=O) groups excluding carboxylic acids is 1. The van der Waals surface area contributed by atoms with Crippen molar-refractivity contribution in [1.82, 2.24) is 9.88 Å². The molecule has 5 heteroatoms. The second kappa shape index (κ2) is 7.13. The fraction of sp³-hybridized carbons (Fsp3) is 0.444. The molecule has 122 valence electrons. The average molecular weight is 330 g/mol. The van der Waals surface area contributed by atoms with Gasteiger partial charge in [-0.2, -0.15) is 0 Å². The normalized spacial score (nSPS) is 18.0. The highest BCUT2D eigenvalue weighted by Crippen LogP contribution is 2.22. The van der Waals surface area contributed by atoms with Gasteiger partial charge in [-0.3, -0.25) is 4.79 Å². The zero-order valence-corrected chi connectivity index (χ0v) is 14.4. The Balaban J connectivity index is 1.57. The molecule has 2 aromatic rings. The van der Waals surface area contributed by atoms with Crippen LogP contribution in [0.3, 0.4) is 0 Å². The molecule has 1 amide bonds. The molecule has 1 aliphatic heterocycles. The lowest BCUT2D eigenvalue weighted by atomic mass is 9.98. The summed E-state index contributed by atoms with van der Waals surface area (Å²) in [6.07, 6.45) is 2.14. The van der Waals surface area contributed by atoms with Crippen LogP contribution in [0.1, 0.15) is 33.8 Å². The first-order valence-corrected chi connectivity index (χ1v) is 8.90. The Morgan fingerprint density at radius 1 is 1.35 bits per heavy atom. The molecular weight excluding hydrogens is 308 g/mol. The third-order valence-corrected chi connectivity index (χ3v) is 5.17. The monoisotopic (exact) mass is 330 g/mol. The van der Waals surface area contributed by atoms with E-state index in [1.54, 1.807) is 5.51 Å². The van der Waals surface area contributed by atoms with Gasteiger partial charge in [0.05, 0.1) is 17.8 Å². The lowest BCUT2D eigenvalue weighted by molar-refractivity contribution is 0.0637. The predicted molar refractivity (Wildman–Crippen MR) is 92.2 cm³/mol. The maximum absolute atomic E-state index is 12.6. The molecule has 1 aromatic carbocycles. The van der Waals surface area contributed by atoms with E-state index >= 15 is 0 Å². The van der Waals surface area contributed by atoms with Crippen molar-refractivity contribution in [1.29, 1.82) is 0 Å². The van der Waals surface area contributed by atoms with Gasteiger partial charge >= 0.3 is 0 Å². The van der Waals surface area contributed by atoms with Crippen LogP contribution in [0.25, 0.3) is 0 Å². The number of ether oxygens (including phenoxy) is 1. The molecule has 1 fully saturated rings. The van der Waals surface area contributed by atoms with Crippen LogP contribution in [0.5, 0.6) is 5.75 Å². The van der Waals surface area contributed by atoms with Gasteiger partial charge in [0, 0.05) is 19.0 Å². The van der Waals surface area contributed by atoms with E-state index in [0.717, 1.165) is 42.3 Å². The highest BCUT2D eigenvalue weighted by Gasteiger charge is 2.26. The first-order valence-electron chi connectivity index (χ1n) is 8.02. The number of piperidine rings is 1. The highest BCUT2D eigenvalue weighted by molar-refractivity contribution is 7.11. The Labute approximate surface area is 141 Å². The van der Waals surface area contributed by atoms with Gasteiger partial charge in [0.2, 0.25) is 0 Å². The van der Waals surface area contributed by atoms with Gasteiger partial charge in [-0.15, -0.1) is 11.3 Å². The number of nitrogens with zero attached hydrogens (tertiary/aromatic N) is 2. The van der Waals surface area contributed by atoms with Gasteiger partial charge in [0.25, 0.3) is 5.91 Å². The number of rotatable bonds is 4. The van der Waals surface area contributed by atoms with E-state index in [4.69, 9.17) is 4.74 Å². The number of carbonyl (C=O) groups is 1. The zero-order chi connectivity index (χ0) is 16.2. The second-order valence-electron chi connectivity index (χ2n) is 6.15. The number of hydrogen-bond acceptors (Lipinski definition) is 4. The molecule has 3 rings (SSSR count). The minimum atomic E-state index is 0.116. The van der Waals surface area contributed by atoms with Crippen LogP contribution >= 0.6 is 11.3 Å². The Morgan fingerprint density at radius 2 is 2.13 bits per heavy atom. The Kier molecular flexibility index (Phi) is 4.96. The van der Waals surface area contributed by atoms with E-state index in [-0.39, 0.29) is 5.91 Å². The van der Waals surface area contributed by atoms with Crippen molar-refractivity contribution < 1.29 is 9.53 Å². The van der Waals surface area contributed by atoms with Crippen molar-refractivity contribution in [3.8, 4) is 5.75 Å². The topological polar surface area (TPSA) is 42.4 Å². The Hall–Kier alpha value is -1.88. The number of hydrogen-bond donors (Lipinski definition) is 0. The molecule has 2 heterocycles. The van der Waals surface area contributed by atoms with E-state index in [1.165, 1.54) is 16.9 Å². The van der Waals surface area contributed by atoms with E-state index in [0.29, 0.717) is 12.5 Å². The molecule has 0 bridgehead atoms. The van der Waals surface area contributed by atoms with Gasteiger partial charge in [0.15, 0.2) is 0 Å². The van der Waals surface area contributed by atoms with Crippen LogP contribution < -0.4 is 4.74 Å². The molecular formula is C18H22N2O2S. The molecule has 1 aliphatic rings. The summed E-state index contributed by atoms with van der Waals surface area (Å²) in [5, 5.41) is 0. The molecule has 0 N–H and O–H groups in total. The second-order valence-corrected chi connectivity index (χ2v) is 7.01. The zero-order valence-electron chi connectivity index (χ0n) is 13.6. The largest absolute Gasteiger partial charge is 0.493 e. The summed E-state index contributed by atoms with van der Waals surface area (Å²) >= 11 is 1.43. The molecule has 23 heavy (non-hydrogen) atoms. The molecule has 4 nitrogen and oxygen atoms in total. The lowest BCUT2D eigenvalue weighted by Crippen LogP contribution is -2.41. The molecule has 1 aromatic heterocycles. The SMILES string of the molecule is Cc1ccc(OCC2CCCN(C(=O)c3scnc3C)C2)cc1. The number of aromatic nitrogens is 1. The average Bonchev–Trinajstić information content (AvgIpc) is 3.00. The highest BCUT2D eigenvalue weighted by atomic mass is 32.1. The van der Waals surface area contributed by atoms with Gasteiger partial charge in [-0.05, 0) is 38.8 Å². The summed E-state index contributed by atoms with van der Waals surface area (Å²) in [7, 11) is 0. The fourth-order valence-electron chi connectivity index (χ4n) is 2.88. The van der Waals surface area contributed by atoms with Gasteiger partial charge in [0.1, 0.15) is 10.6 Å². The van der Waals surface area contributed by atoms with Crippen molar-refractivity contribution in [2.45, 2.75) is 26.7 Å². The van der Waals surface area contributed by atoms with Crippen molar-refractivity contribution in [3.63, 3.8) is 0 Å². The molecule has 1 unspecified atom stereocenters. The van der Waals surface area contributed by atoms with Gasteiger partial charge in [-0.1, -0.05) is 17.7 Å². The number of aryl methyl sites for hydroxylation is 2. The third kappa shape index (κ3) is 3.91. The van der Waals surface area contributed by atoms with E-state index in [2.05, 4.69) is 24.0 Å². The first-order chi connectivity index (χ1) is 11.1.